The number of amides is 1. The minimum absolute atomic E-state index is 0.171. The molecule has 0 aromatic carbocycles. The first-order valence-electron chi connectivity index (χ1n) is 7.06. The Balaban J connectivity index is 2.00. The Kier molecular flexibility index (Phi) is 4.45. The van der Waals surface area contributed by atoms with Crippen LogP contribution in [0.1, 0.15) is 39.0 Å². The molecule has 5 heteroatoms. The Morgan fingerprint density at radius 2 is 1.95 bits per heavy atom. The standard InChI is InChI=1S/C14H23NO4/c1-14(6-4-3-5-7-14)13(17)15-8-9-19-11(10-15)12(16)18-2/h11H,3-10H2,1-2H3. The summed E-state index contributed by atoms with van der Waals surface area (Å²) in [7, 11) is 1.34. The van der Waals surface area contributed by atoms with E-state index in [1.165, 1.54) is 13.5 Å². The van der Waals surface area contributed by atoms with Gasteiger partial charge >= 0.3 is 5.97 Å². The molecule has 19 heavy (non-hydrogen) atoms. The lowest BCUT2D eigenvalue weighted by Crippen LogP contribution is -2.53. The second kappa shape index (κ2) is 5.90. The Bertz CT molecular complexity index is 349. The van der Waals surface area contributed by atoms with Crippen molar-refractivity contribution in [3.05, 3.63) is 0 Å². The maximum atomic E-state index is 12.6. The van der Waals surface area contributed by atoms with E-state index in [-0.39, 0.29) is 11.3 Å². The quantitative estimate of drug-likeness (QED) is 0.710. The molecule has 1 aliphatic carbocycles. The van der Waals surface area contributed by atoms with Crippen LogP contribution in [0.5, 0.6) is 0 Å². The van der Waals surface area contributed by atoms with E-state index in [2.05, 4.69) is 11.7 Å². The van der Waals surface area contributed by atoms with Crippen molar-refractivity contribution < 1.29 is 19.1 Å². The minimum atomic E-state index is -0.630. The van der Waals surface area contributed by atoms with Crippen molar-refractivity contribution in [1.29, 1.82) is 0 Å². The number of hydrogen-bond donors (Lipinski definition) is 0. The number of morpholine rings is 1. The van der Waals surface area contributed by atoms with Gasteiger partial charge in [-0.3, -0.25) is 4.79 Å². The van der Waals surface area contributed by atoms with Crippen LogP contribution in [-0.2, 0) is 19.1 Å². The van der Waals surface area contributed by atoms with Gasteiger partial charge in [-0.1, -0.05) is 26.2 Å². The zero-order valence-corrected chi connectivity index (χ0v) is 11.8. The van der Waals surface area contributed by atoms with E-state index in [9.17, 15) is 9.59 Å². The summed E-state index contributed by atoms with van der Waals surface area (Å²) >= 11 is 0. The van der Waals surface area contributed by atoms with Crippen LogP contribution in [0, 0.1) is 5.41 Å². The number of ether oxygens (including phenoxy) is 2. The summed E-state index contributed by atoms with van der Waals surface area (Å²) in [5, 5.41) is 0. The van der Waals surface area contributed by atoms with Gasteiger partial charge in [0, 0.05) is 12.0 Å². The molecule has 1 heterocycles. The van der Waals surface area contributed by atoms with Gasteiger partial charge in [-0.2, -0.15) is 0 Å². The van der Waals surface area contributed by atoms with Crippen LogP contribution < -0.4 is 0 Å². The van der Waals surface area contributed by atoms with E-state index in [0.717, 1.165) is 25.7 Å². The van der Waals surface area contributed by atoms with E-state index < -0.39 is 12.1 Å². The van der Waals surface area contributed by atoms with Crippen molar-refractivity contribution in [2.24, 2.45) is 5.41 Å². The largest absolute Gasteiger partial charge is 0.467 e. The first kappa shape index (κ1) is 14.3. The minimum Gasteiger partial charge on any atom is -0.467 e. The molecule has 2 aliphatic rings. The lowest BCUT2D eigenvalue weighted by molar-refractivity contribution is -0.165. The molecule has 0 spiro atoms. The van der Waals surface area contributed by atoms with Crippen LogP contribution >= 0.6 is 0 Å². The summed E-state index contributed by atoms with van der Waals surface area (Å²) in [5.41, 5.74) is -0.254. The molecule has 0 radical (unpaired) electrons. The maximum Gasteiger partial charge on any atom is 0.336 e. The Morgan fingerprint density at radius 1 is 1.26 bits per heavy atom. The normalized spacial score (nSPS) is 26.8. The summed E-state index contributed by atoms with van der Waals surface area (Å²) in [4.78, 5) is 25.9. The van der Waals surface area contributed by atoms with Crippen LogP contribution in [0.15, 0.2) is 0 Å². The van der Waals surface area contributed by atoms with Crippen molar-refractivity contribution in [3.63, 3.8) is 0 Å². The topological polar surface area (TPSA) is 55.8 Å². The molecule has 1 amide bonds. The van der Waals surface area contributed by atoms with Crippen LogP contribution in [-0.4, -0.2) is 49.7 Å². The van der Waals surface area contributed by atoms with Gasteiger partial charge in [-0.05, 0) is 12.8 Å². The molecule has 2 rings (SSSR count). The fraction of sp³-hybridized carbons (Fsp3) is 0.857. The molecule has 1 aliphatic heterocycles. The van der Waals surface area contributed by atoms with Gasteiger partial charge < -0.3 is 14.4 Å². The fourth-order valence-corrected chi connectivity index (χ4v) is 3.04. The number of carbonyl (C=O) groups is 2. The van der Waals surface area contributed by atoms with Gasteiger partial charge in [0.25, 0.3) is 0 Å². The van der Waals surface area contributed by atoms with Crippen molar-refractivity contribution in [2.45, 2.75) is 45.1 Å². The van der Waals surface area contributed by atoms with E-state index in [0.29, 0.717) is 19.7 Å². The van der Waals surface area contributed by atoms with Gasteiger partial charge in [0.1, 0.15) is 0 Å². The highest BCUT2D eigenvalue weighted by Gasteiger charge is 2.40. The van der Waals surface area contributed by atoms with Crippen LogP contribution in [0.25, 0.3) is 0 Å². The second-order valence-electron chi connectivity index (χ2n) is 5.76. The van der Waals surface area contributed by atoms with Crippen LogP contribution in [0.3, 0.4) is 0 Å². The number of nitrogens with zero attached hydrogens (tertiary/aromatic N) is 1. The van der Waals surface area contributed by atoms with E-state index in [4.69, 9.17) is 4.74 Å². The average molecular weight is 269 g/mol. The zero-order valence-electron chi connectivity index (χ0n) is 11.8. The molecule has 0 aromatic rings. The summed E-state index contributed by atoms with van der Waals surface area (Å²) in [6, 6.07) is 0. The van der Waals surface area contributed by atoms with Gasteiger partial charge in [-0.25, -0.2) is 4.79 Å². The Labute approximate surface area is 114 Å². The monoisotopic (exact) mass is 269 g/mol. The van der Waals surface area contributed by atoms with Gasteiger partial charge in [0.15, 0.2) is 6.10 Å². The molecule has 0 N–H and O–H groups in total. The van der Waals surface area contributed by atoms with Crippen molar-refractivity contribution in [1.82, 2.24) is 4.90 Å². The molecule has 108 valence electrons. The molecule has 5 nitrogen and oxygen atoms in total. The van der Waals surface area contributed by atoms with E-state index >= 15 is 0 Å². The summed E-state index contributed by atoms with van der Waals surface area (Å²) in [5.74, 6) is -0.226. The highest BCUT2D eigenvalue weighted by molar-refractivity contribution is 5.84. The molecule has 2 fully saturated rings. The molecule has 0 bridgehead atoms. The third-order valence-electron chi connectivity index (χ3n) is 4.29. The molecule has 0 aromatic heterocycles. The summed E-state index contributed by atoms with van der Waals surface area (Å²) in [6.07, 6.45) is 4.73. The van der Waals surface area contributed by atoms with Crippen LogP contribution in [0.2, 0.25) is 0 Å². The summed E-state index contributed by atoms with van der Waals surface area (Å²) in [6.45, 7) is 3.35. The zero-order chi connectivity index (χ0) is 13.9. The smallest absolute Gasteiger partial charge is 0.336 e. The fourth-order valence-electron chi connectivity index (χ4n) is 3.04. The van der Waals surface area contributed by atoms with Gasteiger partial charge in [-0.15, -0.1) is 0 Å². The van der Waals surface area contributed by atoms with E-state index in [1.807, 2.05) is 0 Å². The highest BCUT2D eigenvalue weighted by Crippen LogP contribution is 2.37. The highest BCUT2D eigenvalue weighted by atomic mass is 16.6. The predicted molar refractivity (Wildman–Crippen MR) is 69.5 cm³/mol. The number of hydrogen-bond acceptors (Lipinski definition) is 4. The first-order valence-corrected chi connectivity index (χ1v) is 7.06. The predicted octanol–water partition coefficient (Wildman–Crippen LogP) is 1.36. The number of methoxy groups -OCH3 is 1. The molecule has 1 saturated carbocycles. The maximum absolute atomic E-state index is 12.6. The average Bonchev–Trinajstić information content (AvgIpc) is 2.46. The molecule has 1 saturated heterocycles. The van der Waals surface area contributed by atoms with Gasteiger partial charge in [0.05, 0.1) is 20.3 Å². The number of carbonyl (C=O) groups excluding carboxylic acids is 2. The van der Waals surface area contributed by atoms with E-state index in [1.54, 1.807) is 4.90 Å². The molecular weight excluding hydrogens is 246 g/mol. The molecule has 1 unspecified atom stereocenters. The third kappa shape index (κ3) is 3.08. The number of rotatable bonds is 2. The van der Waals surface area contributed by atoms with Crippen molar-refractivity contribution >= 4 is 11.9 Å². The number of esters is 1. The Hall–Kier alpha value is -1.10. The lowest BCUT2D eigenvalue weighted by atomic mass is 9.74. The Morgan fingerprint density at radius 3 is 2.58 bits per heavy atom. The first-order chi connectivity index (χ1) is 9.07. The van der Waals surface area contributed by atoms with Crippen LogP contribution in [0.4, 0.5) is 0 Å². The third-order valence-corrected chi connectivity index (χ3v) is 4.29. The van der Waals surface area contributed by atoms with Gasteiger partial charge in [0.2, 0.25) is 5.91 Å². The second-order valence-corrected chi connectivity index (χ2v) is 5.76. The molecule has 1 atom stereocenters. The van der Waals surface area contributed by atoms with Crippen molar-refractivity contribution in [3.8, 4) is 0 Å². The summed E-state index contributed by atoms with van der Waals surface area (Å²) < 4.78 is 10.0. The molecular formula is C14H23NO4. The van der Waals surface area contributed by atoms with Crippen molar-refractivity contribution in [2.75, 3.05) is 26.8 Å². The SMILES string of the molecule is COC(=O)C1CN(C(=O)C2(C)CCCCC2)CCO1. The lowest BCUT2D eigenvalue weighted by Gasteiger charge is -2.40.